The van der Waals surface area contributed by atoms with Gasteiger partial charge in [0.2, 0.25) is 5.28 Å². The van der Waals surface area contributed by atoms with Crippen molar-refractivity contribution in [1.82, 2.24) is 9.97 Å². The van der Waals surface area contributed by atoms with Crippen LogP contribution in [0, 0.1) is 0 Å². The third kappa shape index (κ3) is 1.58. The van der Waals surface area contributed by atoms with Crippen LogP contribution in [0.2, 0.25) is 10.3 Å². The predicted octanol–water partition coefficient (Wildman–Crippen LogP) is 3.81. The summed E-state index contributed by atoms with van der Waals surface area (Å²) < 4.78 is 0. The highest BCUT2D eigenvalue weighted by molar-refractivity contribution is 6.35. The highest BCUT2D eigenvalue weighted by Crippen LogP contribution is 2.42. The smallest absolute Gasteiger partial charge is 0.222 e. The topological polar surface area (TPSA) is 25.8 Å². The monoisotopic (exact) mass is 238 g/mol. The number of hydrogen-bond acceptors (Lipinski definition) is 2. The maximum absolute atomic E-state index is 6.08. The average Bonchev–Trinajstić information content (AvgIpc) is 3.02. The second-order valence-electron chi connectivity index (χ2n) is 3.79. The van der Waals surface area contributed by atoms with Crippen LogP contribution in [0.3, 0.4) is 0 Å². The fourth-order valence-electron chi connectivity index (χ4n) is 1.78. The molecule has 1 aliphatic carbocycles. The molecule has 0 spiro atoms. The molecule has 2 aromatic rings. The van der Waals surface area contributed by atoms with Crippen LogP contribution in [0.1, 0.15) is 24.5 Å². The molecule has 0 radical (unpaired) electrons. The molecule has 3 rings (SSSR count). The lowest BCUT2D eigenvalue weighted by molar-refractivity contribution is 1.02. The van der Waals surface area contributed by atoms with Crippen molar-refractivity contribution in [1.29, 1.82) is 0 Å². The molecule has 4 heteroatoms. The summed E-state index contributed by atoms with van der Waals surface area (Å²) in [6.07, 6.45) is 2.38. The van der Waals surface area contributed by atoms with E-state index in [9.17, 15) is 0 Å². The summed E-state index contributed by atoms with van der Waals surface area (Å²) in [7, 11) is 0. The summed E-state index contributed by atoms with van der Waals surface area (Å²) in [5, 5.41) is 1.96. The number of fused-ring (bicyclic) bond motifs is 1. The number of para-hydroxylation sites is 1. The summed E-state index contributed by atoms with van der Waals surface area (Å²) >= 11 is 12.0. The molecule has 0 amide bonds. The van der Waals surface area contributed by atoms with E-state index in [2.05, 4.69) is 9.97 Å². The van der Waals surface area contributed by atoms with Gasteiger partial charge in [0.05, 0.1) is 16.2 Å². The molecule has 0 aliphatic heterocycles. The second kappa shape index (κ2) is 3.32. The van der Waals surface area contributed by atoms with Crippen molar-refractivity contribution in [3.05, 3.63) is 34.2 Å². The third-order valence-electron chi connectivity index (χ3n) is 2.64. The average molecular weight is 239 g/mol. The molecule has 0 unspecified atom stereocenters. The zero-order valence-electron chi connectivity index (χ0n) is 7.87. The van der Waals surface area contributed by atoms with Gasteiger partial charge in [-0.15, -0.1) is 0 Å². The SMILES string of the molecule is Clc1nc(C2CC2)c2cccc(Cl)c2n1. The van der Waals surface area contributed by atoms with Gasteiger partial charge in [-0.25, -0.2) is 9.97 Å². The molecule has 0 atom stereocenters. The van der Waals surface area contributed by atoms with E-state index in [4.69, 9.17) is 23.2 Å². The Morgan fingerprint density at radius 2 is 1.93 bits per heavy atom. The fraction of sp³-hybridized carbons (Fsp3) is 0.273. The van der Waals surface area contributed by atoms with E-state index in [-0.39, 0.29) is 5.28 Å². The van der Waals surface area contributed by atoms with Crippen molar-refractivity contribution >= 4 is 34.1 Å². The Kier molecular flexibility index (Phi) is 2.08. The van der Waals surface area contributed by atoms with E-state index in [0.29, 0.717) is 10.9 Å². The normalized spacial score (nSPS) is 15.9. The van der Waals surface area contributed by atoms with E-state index in [0.717, 1.165) is 16.6 Å². The minimum Gasteiger partial charge on any atom is -0.222 e. The van der Waals surface area contributed by atoms with E-state index in [1.165, 1.54) is 12.8 Å². The van der Waals surface area contributed by atoms with E-state index < -0.39 is 0 Å². The Morgan fingerprint density at radius 1 is 1.13 bits per heavy atom. The summed E-state index contributed by atoms with van der Waals surface area (Å²) in [5.41, 5.74) is 1.81. The van der Waals surface area contributed by atoms with Gasteiger partial charge in [-0.3, -0.25) is 0 Å². The van der Waals surface area contributed by atoms with Gasteiger partial charge in [-0.1, -0.05) is 23.7 Å². The van der Waals surface area contributed by atoms with Gasteiger partial charge >= 0.3 is 0 Å². The maximum atomic E-state index is 6.08. The van der Waals surface area contributed by atoms with Crippen LogP contribution in [0.4, 0.5) is 0 Å². The highest BCUT2D eigenvalue weighted by Gasteiger charge is 2.27. The Labute approximate surface area is 97.2 Å². The van der Waals surface area contributed by atoms with E-state index in [1.54, 1.807) is 0 Å². The maximum Gasteiger partial charge on any atom is 0.223 e. The minimum absolute atomic E-state index is 0.289. The number of nitrogens with zero attached hydrogens (tertiary/aromatic N) is 2. The van der Waals surface area contributed by atoms with Crippen LogP contribution in [0.25, 0.3) is 10.9 Å². The number of halogens is 2. The van der Waals surface area contributed by atoms with Crippen LogP contribution in [-0.4, -0.2) is 9.97 Å². The molecule has 76 valence electrons. The summed E-state index contributed by atoms with van der Waals surface area (Å²) in [6, 6.07) is 5.75. The standard InChI is InChI=1S/C11H8Cl2N2/c12-8-3-1-2-7-9(6-4-5-6)14-11(13)15-10(7)8/h1-3,6H,4-5H2. The molecule has 1 fully saturated rings. The van der Waals surface area contributed by atoms with Crippen LogP contribution < -0.4 is 0 Å². The number of hydrogen-bond donors (Lipinski definition) is 0. The van der Waals surface area contributed by atoms with Gasteiger partial charge in [0.1, 0.15) is 0 Å². The van der Waals surface area contributed by atoms with Gasteiger partial charge in [0, 0.05) is 11.3 Å². The molecule has 1 saturated carbocycles. The quantitative estimate of drug-likeness (QED) is 0.707. The first kappa shape index (κ1) is 9.37. The number of benzene rings is 1. The first-order chi connectivity index (χ1) is 7.25. The number of rotatable bonds is 1. The zero-order valence-corrected chi connectivity index (χ0v) is 9.39. The molecule has 2 nitrogen and oxygen atoms in total. The first-order valence-electron chi connectivity index (χ1n) is 4.87. The first-order valence-corrected chi connectivity index (χ1v) is 5.63. The van der Waals surface area contributed by atoms with Crippen molar-refractivity contribution in [3.63, 3.8) is 0 Å². The highest BCUT2D eigenvalue weighted by atomic mass is 35.5. The minimum atomic E-state index is 0.289. The lowest BCUT2D eigenvalue weighted by Gasteiger charge is -2.05. The van der Waals surface area contributed by atoms with Gasteiger partial charge in [0.15, 0.2) is 0 Å². The molecule has 0 bridgehead atoms. The third-order valence-corrected chi connectivity index (χ3v) is 3.12. The van der Waals surface area contributed by atoms with Crippen molar-refractivity contribution in [3.8, 4) is 0 Å². The van der Waals surface area contributed by atoms with Gasteiger partial charge in [-0.05, 0) is 30.5 Å². The van der Waals surface area contributed by atoms with Crippen LogP contribution in [0.5, 0.6) is 0 Å². The van der Waals surface area contributed by atoms with Crippen LogP contribution in [0.15, 0.2) is 18.2 Å². The van der Waals surface area contributed by atoms with E-state index >= 15 is 0 Å². The van der Waals surface area contributed by atoms with Crippen LogP contribution in [-0.2, 0) is 0 Å². The summed E-state index contributed by atoms with van der Waals surface area (Å²) in [6.45, 7) is 0. The molecular weight excluding hydrogens is 231 g/mol. The summed E-state index contributed by atoms with van der Waals surface area (Å²) in [5.74, 6) is 0.548. The van der Waals surface area contributed by atoms with Crippen molar-refractivity contribution < 1.29 is 0 Å². The molecule has 15 heavy (non-hydrogen) atoms. The van der Waals surface area contributed by atoms with Crippen molar-refractivity contribution in [2.24, 2.45) is 0 Å². The van der Waals surface area contributed by atoms with Gasteiger partial charge < -0.3 is 0 Å². The molecule has 1 aromatic heterocycles. The van der Waals surface area contributed by atoms with Crippen LogP contribution >= 0.6 is 23.2 Å². The molecule has 0 N–H and O–H groups in total. The van der Waals surface area contributed by atoms with Crippen molar-refractivity contribution in [2.45, 2.75) is 18.8 Å². The zero-order chi connectivity index (χ0) is 10.4. The molecule has 1 aromatic carbocycles. The molecule has 1 aliphatic rings. The summed E-state index contributed by atoms with van der Waals surface area (Å²) in [4.78, 5) is 8.47. The van der Waals surface area contributed by atoms with Crippen molar-refractivity contribution in [2.75, 3.05) is 0 Å². The number of aromatic nitrogens is 2. The Balaban J connectivity index is 2.38. The molecular formula is C11H8Cl2N2. The Morgan fingerprint density at radius 3 is 2.67 bits per heavy atom. The largest absolute Gasteiger partial charge is 0.223 e. The van der Waals surface area contributed by atoms with E-state index in [1.807, 2.05) is 18.2 Å². The fourth-order valence-corrected chi connectivity index (χ4v) is 2.17. The molecule has 1 heterocycles. The Bertz CT molecular complexity index is 535. The second-order valence-corrected chi connectivity index (χ2v) is 4.53. The lowest BCUT2D eigenvalue weighted by Crippen LogP contribution is -1.93. The molecule has 0 saturated heterocycles. The van der Waals surface area contributed by atoms with Gasteiger partial charge in [0.25, 0.3) is 0 Å². The Hall–Kier alpha value is -0.860. The van der Waals surface area contributed by atoms with Gasteiger partial charge in [-0.2, -0.15) is 0 Å². The predicted molar refractivity (Wildman–Crippen MR) is 61.5 cm³/mol. The lowest BCUT2D eigenvalue weighted by atomic mass is 10.1.